The second-order valence-electron chi connectivity index (χ2n) is 4.75. The Bertz CT molecular complexity index is 365. The molecule has 1 aliphatic rings. The Morgan fingerprint density at radius 1 is 1.12 bits per heavy atom. The second-order valence-corrected chi connectivity index (χ2v) is 5.57. The number of halogens is 2. The van der Waals surface area contributed by atoms with E-state index in [2.05, 4.69) is 13.8 Å². The summed E-state index contributed by atoms with van der Waals surface area (Å²) >= 11 is 12.2. The minimum Gasteiger partial charge on any atom is -0.407 e. The highest BCUT2D eigenvalue weighted by molar-refractivity contribution is 6.68. The molecule has 0 atom stereocenters. The van der Waals surface area contributed by atoms with Crippen molar-refractivity contribution in [2.45, 2.75) is 13.8 Å². The van der Waals surface area contributed by atoms with Gasteiger partial charge in [0.25, 0.3) is 0 Å². The lowest BCUT2D eigenvalue weighted by atomic mass is 9.76. The molecule has 0 amide bonds. The summed E-state index contributed by atoms with van der Waals surface area (Å²) in [5, 5.41) is 1.16. The van der Waals surface area contributed by atoms with Gasteiger partial charge in [0.15, 0.2) is 0 Å². The van der Waals surface area contributed by atoms with Crippen molar-refractivity contribution in [1.82, 2.24) is 0 Å². The van der Waals surface area contributed by atoms with E-state index in [-0.39, 0.29) is 5.41 Å². The minimum atomic E-state index is -0.450. The molecular weight excluding hydrogens is 246 g/mol. The third-order valence-electron chi connectivity index (χ3n) is 2.49. The molecule has 1 fully saturated rings. The van der Waals surface area contributed by atoms with E-state index < -0.39 is 7.12 Å². The summed E-state index contributed by atoms with van der Waals surface area (Å²) in [5.41, 5.74) is 0.769. The lowest BCUT2D eigenvalue weighted by Gasteiger charge is -2.33. The standard InChI is InChI=1S/C11H13BCl2O2/c1-11(2)6-15-12(16-7-11)10-8(13)4-3-5-9(10)14/h3-5H,6-7H2,1-2H3. The summed E-state index contributed by atoms with van der Waals surface area (Å²) in [7, 11) is -0.450. The van der Waals surface area contributed by atoms with E-state index in [4.69, 9.17) is 32.5 Å². The van der Waals surface area contributed by atoms with Gasteiger partial charge in [-0.05, 0) is 12.1 Å². The van der Waals surface area contributed by atoms with Crippen LogP contribution in [0, 0.1) is 5.41 Å². The molecule has 0 N–H and O–H groups in total. The lowest BCUT2D eigenvalue weighted by Crippen LogP contribution is -2.48. The number of benzene rings is 1. The van der Waals surface area contributed by atoms with Crippen molar-refractivity contribution in [3.8, 4) is 0 Å². The van der Waals surface area contributed by atoms with Gasteiger partial charge < -0.3 is 9.31 Å². The van der Waals surface area contributed by atoms with Crippen molar-refractivity contribution in [3.63, 3.8) is 0 Å². The lowest BCUT2D eigenvalue weighted by molar-refractivity contribution is 0.0343. The van der Waals surface area contributed by atoms with E-state index in [1.807, 2.05) is 0 Å². The molecule has 0 radical (unpaired) electrons. The molecule has 0 spiro atoms. The van der Waals surface area contributed by atoms with Crippen LogP contribution in [-0.2, 0) is 9.31 Å². The van der Waals surface area contributed by atoms with Gasteiger partial charge in [-0.2, -0.15) is 0 Å². The Hall–Kier alpha value is -0.215. The van der Waals surface area contributed by atoms with Gasteiger partial charge in [0, 0.05) is 34.1 Å². The highest BCUT2D eigenvalue weighted by Gasteiger charge is 2.35. The monoisotopic (exact) mass is 258 g/mol. The third kappa shape index (κ3) is 2.54. The van der Waals surface area contributed by atoms with Crippen molar-refractivity contribution in [2.75, 3.05) is 13.2 Å². The second kappa shape index (κ2) is 4.57. The van der Waals surface area contributed by atoms with E-state index >= 15 is 0 Å². The molecule has 0 saturated carbocycles. The molecular formula is C11H13BCl2O2. The summed E-state index contributed by atoms with van der Waals surface area (Å²) in [6.45, 7) is 5.47. The quantitative estimate of drug-likeness (QED) is 0.722. The van der Waals surface area contributed by atoms with Crippen molar-refractivity contribution in [2.24, 2.45) is 5.41 Å². The molecule has 1 heterocycles. The first-order valence-electron chi connectivity index (χ1n) is 5.17. The summed E-state index contributed by atoms with van der Waals surface area (Å²) < 4.78 is 11.3. The van der Waals surface area contributed by atoms with Gasteiger partial charge in [-0.3, -0.25) is 0 Å². The molecule has 1 aromatic rings. The van der Waals surface area contributed by atoms with E-state index in [1.54, 1.807) is 18.2 Å². The average molecular weight is 259 g/mol. The topological polar surface area (TPSA) is 18.5 Å². The van der Waals surface area contributed by atoms with Crippen LogP contribution in [0.2, 0.25) is 10.0 Å². The fraction of sp³-hybridized carbons (Fsp3) is 0.455. The highest BCUT2D eigenvalue weighted by atomic mass is 35.5. The third-order valence-corrected chi connectivity index (χ3v) is 3.15. The minimum absolute atomic E-state index is 0.0459. The Morgan fingerprint density at radius 3 is 2.12 bits per heavy atom. The Labute approximate surface area is 106 Å². The van der Waals surface area contributed by atoms with Crippen LogP contribution in [0.4, 0.5) is 0 Å². The molecule has 86 valence electrons. The predicted octanol–water partition coefficient (Wildman–Crippen LogP) is 2.76. The van der Waals surface area contributed by atoms with Crippen molar-refractivity contribution in [3.05, 3.63) is 28.2 Å². The zero-order chi connectivity index (χ0) is 11.8. The van der Waals surface area contributed by atoms with Gasteiger partial charge >= 0.3 is 7.12 Å². The summed E-state index contributed by atoms with van der Waals surface area (Å²) in [6.07, 6.45) is 0. The fourth-order valence-electron chi connectivity index (χ4n) is 1.59. The van der Waals surface area contributed by atoms with Crippen LogP contribution in [0.5, 0.6) is 0 Å². The summed E-state index contributed by atoms with van der Waals surface area (Å²) in [4.78, 5) is 0. The molecule has 0 aliphatic carbocycles. The van der Waals surface area contributed by atoms with Crippen molar-refractivity contribution < 1.29 is 9.31 Å². The molecule has 2 nitrogen and oxygen atoms in total. The molecule has 0 bridgehead atoms. The van der Waals surface area contributed by atoms with E-state index in [9.17, 15) is 0 Å². The molecule has 16 heavy (non-hydrogen) atoms. The zero-order valence-corrected chi connectivity index (χ0v) is 10.8. The predicted molar refractivity (Wildman–Crippen MR) is 67.5 cm³/mol. The van der Waals surface area contributed by atoms with Crippen LogP contribution in [0.15, 0.2) is 18.2 Å². The number of rotatable bonds is 1. The maximum absolute atomic E-state index is 6.09. The van der Waals surface area contributed by atoms with E-state index in [0.29, 0.717) is 23.3 Å². The van der Waals surface area contributed by atoms with Crippen LogP contribution >= 0.6 is 23.2 Å². The molecule has 1 aliphatic heterocycles. The van der Waals surface area contributed by atoms with Crippen molar-refractivity contribution >= 4 is 35.8 Å². The van der Waals surface area contributed by atoms with E-state index in [0.717, 1.165) is 5.46 Å². The van der Waals surface area contributed by atoms with Crippen LogP contribution in [0.1, 0.15) is 13.8 Å². The molecule has 2 rings (SSSR count). The van der Waals surface area contributed by atoms with Gasteiger partial charge in [0.05, 0.1) is 0 Å². The maximum atomic E-state index is 6.09. The Balaban J connectivity index is 2.20. The number of hydrogen-bond acceptors (Lipinski definition) is 2. The number of hydrogen-bond donors (Lipinski definition) is 0. The smallest absolute Gasteiger partial charge is 0.407 e. The molecule has 0 aromatic heterocycles. The Kier molecular flexibility index (Phi) is 3.50. The Morgan fingerprint density at radius 2 is 1.62 bits per heavy atom. The van der Waals surface area contributed by atoms with Gasteiger partial charge in [-0.1, -0.05) is 43.1 Å². The molecule has 5 heteroatoms. The van der Waals surface area contributed by atoms with Gasteiger partial charge in [0.1, 0.15) is 0 Å². The van der Waals surface area contributed by atoms with Crippen LogP contribution in [0.25, 0.3) is 0 Å². The first-order valence-corrected chi connectivity index (χ1v) is 5.92. The average Bonchev–Trinajstić information content (AvgIpc) is 2.20. The normalized spacial score (nSPS) is 19.9. The highest BCUT2D eigenvalue weighted by Crippen LogP contribution is 2.24. The fourth-order valence-corrected chi connectivity index (χ4v) is 2.17. The maximum Gasteiger partial charge on any atom is 0.496 e. The SMILES string of the molecule is CC1(C)COB(c2c(Cl)cccc2Cl)OC1. The largest absolute Gasteiger partial charge is 0.496 e. The zero-order valence-electron chi connectivity index (χ0n) is 9.30. The van der Waals surface area contributed by atoms with Gasteiger partial charge in [0.2, 0.25) is 0 Å². The summed E-state index contributed by atoms with van der Waals surface area (Å²) in [5.74, 6) is 0. The first-order chi connectivity index (χ1) is 7.49. The molecule has 1 saturated heterocycles. The van der Waals surface area contributed by atoms with Crippen LogP contribution < -0.4 is 5.46 Å². The van der Waals surface area contributed by atoms with Crippen molar-refractivity contribution in [1.29, 1.82) is 0 Å². The molecule has 1 aromatic carbocycles. The van der Waals surface area contributed by atoms with Gasteiger partial charge in [-0.15, -0.1) is 0 Å². The van der Waals surface area contributed by atoms with E-state index in [1.165, 1.54) is 0 Å². The van der Waals surface area contributed by atoms with Crippen LogP contribution in [-0.4, -0.2) is 20.3 Å². The molecule has 0 unspecified atom stereocenters. The summed E-state index contributed by atoms with van der Waals surface area (Å²) in [6, 6.07) is 5.38. The van der Waals surface area contributed by atoms with Crippen LogP contribution in [0.3, 0.4) is 0 Å². The first kappa shape index (κ1) is 12.2. The van der Waals surface area contributed by atoms with Gasteiger partial charge in [-0.25, -0.2) is 0 Å².